The molecule has 0 bridgehead atoms. The molecule has 0 aromatic carbocycles. The third-order valence-electron chi connectivity index (χ3n) is 2.71. The fourth-order valence-corrected chi connectivity index (χ4v) is 1.52. The Morgan fingerprint density at radius 1 is 1.28 bits per heavy atom. The van der Waals surface area contributed by atoms with Gasteiger partial charge < -0.3 is 10.6 Å². The predicted octanol–water partition coefficient (Wildman–Crippen LogP) is 3.35. The number of hydrogen-bond acceptors (Lipinski definition) is 2. The molecule has 0 amide bonds. The van der Waals surface area contributed by atoms with E-state index in [2.05, 4.69) is 49.6 Å². The van der Waals surface area contributed by atoms with Crippen molar-refractivity contribution in [3.8, 4) is 0 Å². The number of rotatable bonds is 7. The van der Waals surface area contributed by atoms with Gasteiger partial charge in [-0.2, -0.15) is 11.8 Å². The van der Waals surface area contributed by atoms with Crippen molar-refractivity contribution in [2.75, 3.05) is 26.4 Å². The fraction of sp³-hybridized carbons (Fsp3) is 0.923. The van der Waals surface area contributed by atoms with Gasteiger partial charge >= 0.3 is 0 Å². The van der Waals surface area contributed by atoms with E-state index in [-0.39, 0.29) is 28.7 Å². The van der Waals surface area contributed by atoms with Crippen LogP contribution in [0.2, 0.25) is 0 Å². The minimum Gasteiger partial charge on any atom is -0.356 e. The van der Waals surface area contributed by atoms with Crippen LogP contribution in [0.25, 0.3) is 0 Å². The minimum atomic E-state index is 0. The van der Waals surface area contributed by atoms with E-state index in [1.54, 1.807) is 0 Å². The molecule has 0 fully saturated rings. The Hall–Kier alpha value is 0.350. The quantitative estimate of drug-likeness (QED) is 0.305. The molecular weight excluding hydrogens is 357 g/mol. The van der Waals surface area contributed by atoms with Crippen molar-refractivity contribution in [3.63, 3.8) is 0 Å². The third-order valence-corrected chi connectivity index (χ3v) is 3.96. The molecular formula is C13H30IN3S. The van der Waals surface area contributed by atoms with Crippen molar-refractivity contribution in [2.45, 2.75) is 45.3 Å². The Kier molecular flexibility index (Phi) is 12.9. The van der Waals surface area contributed by atoms with Crippen LogP contribution in [0, 0.1) is 5.92 Å². The molecule has 0 aliphatic carbocycles. The van der Waals surface area contributed by atoms with E-state index >= 15 is 0 Å². The summed E-state index contributed by atoms with van der Waals surface area (Å²) in [5, 5.41) is 6.72. The number of aliphatic imine (C=N–C) groups is 1. The van der Waals surface area contributed by atoms with E-state index in [1.807, 2.05) is 18.8 Å². The first kappa shape index (κ1) is 20.7. The summed E-state index contributed by atoms with van der Waals surface area (Å²) in [6.45, 7) is 10.9. The molecule has 0 atom stereocenters. The summed E-state index contributed by atoms with van der Waals surface area (Å²) in [5.74, 6) is 1.69. The van der Waals surface area contributed by atoms with E-state index in [4.69, 9.17) is 0 Å². The van der Waals surface area contributed by atoms with Crippen molar-refractivity contribution >= 4 is 41.7 Å². The Balaban J connectivity index is 0. The zero-order chi connectivity index (χ0) is 13.3. The van der Waals surface area contributed by atoms with Crippen molar-refractivity contribution in [3.05, 3.63) is 0 Å². The van der Waals surface area contributed by atoms with Crippen LogP contribution in [-0.4, -0.2) is 37.1 Å². The Morgan fingerprint density at radius 2 is 1.89 bits per heavy atom. The van der Waals surface area contributed by atoms with E-state index in [0.717, 1.165) is 25.0 Å². The van der Waals surface area contributed by atoms with Gasteiger partial charge in [-0.3, -0.25) is 4.99 Å². The normalized spacial score (nSPS) is 12.3. The number of hydrogen-bond donors (Lipinski definition) is 2. The third kappa shape index (κ3) is 11.4. The molecule has 0 aromatic rings. The van der Waals surface area contributed by atoms with Gasteiger partial charge in [0.1, 0.15) is 0 Å². The lowest BCUT2D eigenvalue weighted by molar-refractivity contribution is 0.548. The Morgan fingerprint density at radius 3 is 2.33 bits per heavy atom. The van der Waals surface area contributed by atoms with E-state index in [0.29, 0.717) is 0 Å². The highest BCUT2D eigenvalue weighted by molar-refractivity contribution is 14.0. The van der Waals surface area contributed by atoms with Crippen LogP contribution in [-0.2, 0) is 0 Å². The average molecular weight is 387 g/mol. The molecule has 0 aliphatic heterocycles. The second-order valence-electron chi connectivity index (χ2n) is 5.35. The number of guanidine groups is 1. The standard InChI is InChI=1S/C13H29N3S.HI/c1-11(2)8-7-9-15-12(14-5)16-10-13(3,4)17-6;/h11H,7-10H2,1-6H3,(H2,14,15,16);1H. The van der Waals surface area contributed by atoms with Gasteiger partial charge in [-0.05, 0) is 38.9 Å². The number of halogens is 1. The van der Waals surface area contributed by atoms with Gasteiger partial charge in [0.2, 0.25) is 0 Å². The molecule has 0 spiro atoms. The lowest BCUT2D eigenvalue weighted by Crippen LogP contribution is -2.43. The topological polar surface area (TPSA) is 36.4 Å². The molecule has 0 heterocycles. The lowest BCUT2D eigenvalue weighted by atomic mass is 10.1. The number of nitrogens with zero attached hydrogens (tertiary/aromatic N) is 1. The minimum absolute atomic E-state index is 0. The molecule has 0 radical (unpaired) electrons. The average Bonchev–Trinajstić information content (AvgIpc) is 2.28. The predicted molar refractivity (Wildman–Crippen MR) is 96.4 cm³/mol. The summed E-state index contributed by atoms with van der Waals surface area (Å²) in [7, 11) is 1.82. The Bertz CT molecular complexity index is 230. The summed E-state index contributed by atoms with van der Waals surface area (Å²) in [4.78, 5) is 4.23. The SMILES string of the molecule is CN=C(NCCCC(C)C)NCC(C)(C)SC.I. The van der Waals surface area contributed by atoms with Gasteiger partial charge in [0.25, 0.3) is 0 Å². The molecule has 0 aromatic heterocycles. The van der Waals surface area contributed by atoms with E-state index in [1.165, 1.54) is 12.8 Å². The maximum Gasteiger partial charge on any atom is 0.191 e. The maximum absolute atomic E-state index is 4.23. The molecule has 0 saturated heterocycles. The molecule has 2 N–H and O–H groups in total. The van der Waals surface area contributed by atoms with E-state index in [9.17, 15) is 0 Å². The molecule has 18 heavy (non-hydrogen) atoms. The van der Waals surface area contributed by atoms with Crippen LogP contribution in [0.4, 0.5) is 0 Å². The van der Waals surface area contributed by atoms with Gasteiger partial charge in [-0.15, -0.1) is 24.0 Å². The summed E-state index contributed by atoms with van der Waals surface area (Å²) in [5.41, 5.74) is 0. The second kappa shape index (κ2) is 11.2. The van der Waals surface area contributed by atoms with Crippen LogP contribution in [0.5, 0.6) is 0 Å². The van der Waals surface area contributed by atoms with Gasteiger partial charge in [-0.25, -0.2) is 0 Å². The first-order chi connectivity index (χ1) is 7.91. The van der Waals surface area contributed by atoms with E-state index < -0.39 is 0 Å². The van der Waals surface area contributed by atoms with Crippen LogP contribution >= 0.6 is 35.7 Å². The van der Waals surface area contributed by atoms with Crippen molar-refractivity contribution in [1.29, 1.82) is 0 Å². The summed E-state index contributed by atoms with van der Waals surface area (Å²) in [6, 6.07) is 0. The highest BCUT2D eigenvalue weighted by Gasteiger charge is 2.15. The lowest BCUT2D eigenvalue weighted by Gasteiger charge is -2.23. The molecule has 3 nitrogen and oxygen atoms in total. The van der Waals surface area contributed by atoms with Gasteiger partial charge in [-0.1, -0.05) is 13.8 Å². The maximum atomic E-state index is 4.23. The number of nitrogens with one attached hydrogen (secondary N) is 2. The van der Waals surface area contributed by atoms with Gasteiger partial charge in [0.05, 0.1) is 0 Å². The van der Waals surface area contributed by atoms with Crippen LogP contribution in [0.15, 0.2) is 4.99 Å². The monoisotopic (exact) mass is 387 g/mol. The summed E-state index contributed by atoms with van der Waals surface area (Å²) < 4.78 is 0.246. The summed E-state index contributed by atoms with van der Waals surface area (Å²) in [6.07, 6.45) is 4.60. The zero-order valence-electron chi connectivity index (χ0n) is 12.7. The highest BCUT2D eigenvalue weighted by Crippen LogP contribution is 2.19. The first-order valence-electron chi connectivity index (χ1n) is 6.41. The fourth-order valence-electron chi connectivity index (χ4n) is 1.31. The molecule has 0 aliphatic rings. The van der Waals surface area contributed by atoms with Gasteiger partial charge in [0.15, 0.2) is 5.96 Å². The second-order valence-corrected chi connectivity index (χ2v) is 6.87. The zero-order valence-corrected chi connectivity index (χ0v) is 15.8. The smallest absolute Gasteiger partial charge is 0.191 e. The van der Waals surface area contributed by atoms with Crippen molar-refractivity contribution in [2.24, 2.45) is 10.9 Å². The number of thioether (sulfide) groups is 1. The van der Waals surface area contributed by atoms with Crippen LogP contribution in [0.3, 0.4) is 0 Å². The van der Waals surface area contributed by atoms with Crippen LogP contribution in [0.1, 0.15) is 40.5 Å². The Labute approximate surface area is 134 Å². The molecule has 5 heteroatoms. The van der Waals surface area contributed by atoms with Gasteiger partial charge in [0, 0.05) is 24.9 Å². The van der Waals surface area contributed by atoms with Crippen LogP contribution < -0.4 is 10.6 Å². The molecule has 0 rings (SSSR count). The highest BCUT2D eigenvalue weighted by atomic mass is 127. The molecule has 110 valence electrons. The summed E-state index contributed by atoms with van der Waals surface area (Å²) >= 11 is 1.87. The molecule has 0 unspecified atom stereocenters. The largest absolute Gasteiger partial charge is 0.356 e. The van der Waals surface area contributed by atoms with Crippen molar-refractivity contribution < 1.29 is 0 Å². The first-order valence-corrected chi connectivity index (χ1v) is 7.63. The van der Waals surface area contributed by atoms with Crippen molar-refractivity contribution in [1.82, 2.24) is 10.6 Å². The molecule has 0 saturated carbocycles.